The van der Waals surface area contributed by atoms with E-state index in [9.17, 15) is 4.79 Å². The van der Waals surface area contributed by atoms with Gasteiger partial charge in [-0.3, -0.25) is 4.79 Å². The lowest BCUT2D eigenvalue weighted by Gasteiger charge is -2.16. The SMILES string of the molecule is Cc1ccc(C)c([C@H](C)NC(=O)/C=C/c2ccccc2Cl)c1. The summed E-state index contributed by atoms with van der Waals surface area (Å²) in [6, 6.07) is 13.7. The molecule has 0 unspecified atom stereocenters. The first kappa shape index (κ1) is 16.3. The summed E-state index contributed by atoms with van der Waals surface area (Å²) in [7, 11) is 0. The van der Waals surface area contributed by atoms with Crippen molar-refractivity contribution in [3.05, 3.63) is 75.8 Å². The van der Waals surface area contributed by atoms with Crippen LogP contribution >= 0.6 is 11.6 Å². The molecule has 0 fully saturated rings. The molecular formula is C19H20ClNO. The maximum atomic E-state index is 12.1. The fourth-order valence-electron chi connectivity index (χ4n) is 2.34. The molecule has 0 heterocycles. The van der Waals surface area contributed by atoms with Gasteiger partial charge in [0.2, 0.25) is 5.91 Å². The highest BCUT2D eigenvalue weighted by molar-refractivity contribution is 6.32. The largest absolute Gasteiger partial charge is 0.346 e. The van der Waals surface area contributed by atoms with Crippen molar-refractivity contribution in [3.8, 4) is 0 Å². The number of nitrogens with one attached hydrogen (secondary N) is 1. The van der Waals surface area contributed by atoms with Crippen molar-refractivity contribution < 1.29 is 4.79 Å². The third-order valence-electron chi connectivity index (χ3n) is 3.58. The second-order valence-corrected chi connectivity index (χ2v) is 5.85. The van der Waals surface area contributed by atoms with Crippen LogP contribution in [0.25, 0.3) is 6.08 Å². The number of hydrogen-bond acceptors (Lipinski definition) is 1. The Bertz CT molecular complexity index is 706. The summed E-state index contributed by atoms with van der Waals surface area (Å²) in [5.41, 5.74) is 4.33. The fraction of sp³-hybridized carbons (Fsp3) is 0.211. The second-order valence-electron chi connectivity index (χ2n) is 5.45. The highest BCUT2D eigenvalue weighted by atomic mass is 35.5. The summed E-state index contributed by atoms with van der Waals surface area (Å²) in [5.74, 6) is -0.131. The van der Waals surface area contributed by atoms with Gasteiger partial charge in [0.15, 0.2) is 0 Å². The van der Waals surface area contributed by atoms with Gasteiger partial charge in [-0.25, -0.2) is 0 Å². The van der Waals surface area contributed by atoms with Crippen molar-refractivity contribution in [1.29, 1.82) is 0 Å². The van der Waals surface area contributed by atoms with E-state index in [2.05, 4.69) is 37.4 Å². The van der Waals surface area contributed by atoms with Crippen LogP contribution in [0.1, 0.15) is 35.2 Å². The van der Waals surface area contributed by atoms with Crippen LogP contribution in [0.4, 0.5) is 0 Å². The van der Waals surface area contributed by atoms with Crippen molar-refractivity contribution in [2.75, 3.05) is 0 Å². The average molecular weight is 314 g/mol. The molecule has 2 nitrogen and oxygen atoms in total. The molecule has 0 bridgehead atoms. The molecule has 0 aliphatic heterocycles. The quantitative estimate of drug-likeness (QED) is 0.803. The van der Waals surface area contributed by atoms with Crippen molar-refractivity contribution in [3.63, 3.8) is 0 Å². The van der Waals surface area contributed by atoms with Gasteiger partial charge in [0.1, 0.15) is 0 Å². The van der Waals surface area contributed by atoms with Crippen LogP contribution in [0, 0.1) is 13.8 Å². The summed E-state index contributed by atoms with van der Waals surface area (Å²) in [6.07, 6.45) is 3.25. The van der Waals surface area contributed by atoms with E-state index in [1.165, 1.54) is 17.2 Å². The number of hydrogen-bond donors (Lipinski definition) is 1. The van der Waals surface area contributed by atoms with Crippen molar-refractivity contribution in [2.24, 2.45) is 0 Å². The Hall–Kier alpha value is -2.06. The average Bonchev–Trinajstić information content (AvgIpc) is 2.48. The fourth-order valence-corrected chi connectivity index (χ4v) is 2.54. The summed E-state index contributed by atoms with van der Waals surface area (Å²) in [6.45, 7) is 6.09. The molecule has 1 N–H and O–H groups in total. The summed E-state index contributed by atoms with van der Waals surface area (Å²) >= 11 is 6.06. The number of halogens is 1. The summed E-state index contributed by atoms with van der Waals surface area (Å²) < 4.78 is 0. The van der Waals surface area contributed by atoms with Gasteiger partial charge in [-0.05, 0) is 49.6 Å². The Morgan fingerprint density at radius 2 is 1.91 bits per heavy atom. The lowest BCUT2D eigenvalue weighted by molar-refractivity contribution is -0.117. The first-order valence-corrected chi connectivity index (χ1v) is 7.65. The minimum absolute atomic E-state index is 0.0386. The van der Waals surface area contributed by atoms with Crippen molar-refractivity contribution in [2.45, 2.75) is 26.8 Å². The van der Waals surface area contributed by atoms with Crippen molar-refractivity contribution in [1.82, 2.24) is 5.32 Å². The molecule has 0 saturated carbocycles. The van der Waals surface area contributed by atoms with E-state index in [1.54, 1.807) is 12.1 Å². The molecule has 0 aromatic heterocycles. The van der Waals surface area contributed by atoms with E-state index < -0.39 is 0 Å². The zero-order valence-electron chi connectivity index (χ0n) is 13.1. The number of rotatable bonds is 4. The summed E-state index contributed by atoms with van der Waals surface area (Å²) in [4.78, 5) is 12.1. The Balaban J connectivity index is 2.06. The van der Waals surface area contributed by atoms with E-state index in [0.29, 0.717) is 5.02 Å². The van der Waals surface area contributed by atoms with Crippen LogP contribution in [0.15, 0.2) is 48.5 Å². The third-order valence-corrected chi connectivity index (χ3v) is 3.92. The van der Waals surface area contributed by atoms with Gasteiger partial charge in [0.25, 0.3) is 0 Å². The molecular weight excluding hydrogens is 294 g/mol. The lowest BCUT2D eigenvalue weighted by atomic mass is 10.00. The molecule has 2 rings (SSSR count). The predicted molar refractivity (Wildman–Crippen MR) is 93.0 cm³/mol. The van der Waals surface area contributed by atoms with E-state index in [0.717, 1.165) is 11.1 Å². The van der Waals surface area contributed by atoms with Gasteiger partial charge >= 0.3 is 0 Å². The van der Waals surface area contributed by atoms with Gasteiger partial charge in [-0.1, -0.05) is 53.6 Å². The van der Waals surface area contributed by atoms with Gasteiger partial charge in [-0.15, -0.1) is 0 Å². The van der Waals surface area contributed by atoms with Crippen LogP contribution in [0.5, 0.6) is 0 Å². The molecule has 1 atom stereocenters. The second kappa shape index (κ2) is 7.28. The molecule has 22 heavy (non-hydrogen) atoms. The smallest absolute Gasteiger partial charge is 0.244 e. The monoisotopic (exact) mass is 313 g/mol. The Morgan fingerprint density at radius 1 is 1.18 bits per heavy atom. The number of carbonyl (C=O) groups is 1. The van der Waals surface area contributed by atoms with E-state index in [4.69, 9.17) is 11.6 Å². The van der Waals surface area contributed by atoms with Gasteiger partial charge in [0.05, 0.1) is 6.04 Å². The zero-order valence-corrected chi connectivity index (χ0v) is 13.8. The molecule has 1 amide bonds. The molecule has 0 aliphatic carbocycles. The number of carbonyl (C=O) groups excluding carboxylic acids is 1. The molecule has 3 heteroatoms. The highest BCUT2D eigenvalue weighted by Gasteiger charge is 2.10. The number of benzene rings is 2. The molecule has 0 aliphatic rings. The minimum atomic E-state index is -0.131. The van der Waals surface area contributed by atoms with Gasteiger partial charge in [0, 0.05) is 11.1 Å². The molecule has 2 aromatic carbocycles. The lowest BCUT2D eigenvalue weighted by Crippen LogP contribution is -2.25. The third kappa shape index (κ3) is 4.22. The summed E-state index contributed by atoms with van der Waals surface area (Å²) in [5, 5.41) is 3.62. The maximum absolute atomic E-state index is 12.1. The molecule has 0 radical (unpaired) electrons. The van der Waals surface area contributed by atoms with Gasteiger partial charge in [-0.2, -0.15) is 0 Å². The van der Waals surface area contributed by atoms with Crippen LogP contribution < -0.4 is 5.32 Å². The topological polar surface area (TPSA) is 29.1 Å². The van der Waals surface area contributed by atoms with E-state index in [1.807, 2.05) is 25.1 Å². The first-order chi connectivity index (χ1) is 10.5. The van der Waals surface area contributed by atoms with Crippen LogP contribution in [0.2, 0.25) is 5.02 Å². The van der Waals surface area contributed by atoms with Crippen LogP contribution in [-0.4, -0.2) is 5.91 Å². The first-order valence-electron chi connectivity index (χ1n) is 7.27. The number of aryl methyl sites for hydroxylation is 2. The number of amides is 1. The minimum Gasteiger partial charge on any atom is -0.346 e. The molecule has 114 valence electrons. The van der Waals surface area contributed by atoms with Gasteiger partial charge < -0.3 is 5.32 Å². The van der Waals surface area contributed by atoms with Crippen LogP contribution in [-0.2, 0) is 4.79 Å². The molecule has 2 aromatic rings. The maximum Gasteiger partial charge on any atom is 0.244 e. The zero-order chi connectivity index (χ0) is 16.1. The normalized spacial score (nSPS) is 12.4. The Morgan fingerprint density at radius 3 is 2.64 bits per heavy atom. The van der Waals surface area contributed by atoms with E-state index in [-0.39, 0.29) is 11.9 Å². The highest BCUT2D eigenvalue weighted by Crippen LogP contribution is 2.19. The van der Waals surface area contributed by atoms with Crippen LogP contribution in [0.3, 0.4) is 0 Å². The molecule has 0 saturated heterocycles. The van der Waals surface area contributed by atoms with E-state index >= 15 is 0 Å². The standard InChI is InChI=1S/C19H20ClNO/c1-13-8-9-14(2)17(12-13)15(3)21-19(22)11-10-16-6-4-5-7-18(16)20/h4-12,15H,1-3H3,(H,21,22)/b11-10+/t15-/m0/s1. The Kier molecular flexibility index (Phi) is 5.40. The Labute approximate surface area is 136 Å². The molecule has 0 spiro atoms. The predicted octanol–water partition coefficient (Wildman–Crippen LogP) is 4.85. The van der Waals surface area contributed by atoms with Crippen molar-refractivity contribution >= 4 is 23.6 Å².